The Kier molecular flexibility index (Phi) is 2.82. The van der Waals surface area contributed by atoms with Gasteiger partial charge in [-0.05, 0) is 23.6 Å². The van der Waals surface area contributed by atoms with E-state index < -0.39 is 17.2 Å². The molecule has 0 fully saturated rings. The molecule has 0 amide bonds. The van der Waals surface area contributed by atoms with Crippen LogP contribution >= 0.6 is 0 Å². The Morgan fingerprint density at radius 2 is 1.94 bits per heavy atom. The highest BCUT2D eigenvalue weighted by Crippen LogP contribution is 2.29. The molecule has 0 unspecified atom stereocenters. The van der Waals surface area contributed by atoms with Gasteiger partial charge in [-0.2, -0.15) is 0 Å². The number of carbonyl (C=O) groups is 1. The largest absolute Gasteiger partial charge is 0.508 e. The maximum absolute atomic E-state index is 11.4. The van der Waals surface area contributed by atoms with Gasteiger partial charge in [0.15, 0.2) is 0 Å². The number of phenolic OH excluding ortho intramolecular Hbond substituents is 1. The smallest absolute Gasteiger partial charge is 0.351 e. The third kappa shape index (κ3) is 1.95. The number of hydrogen-bond donors (Lipinski definition) is 2. The Balaban J connectivity index is 2.90. The van der Waals surface area contributed by atoms with Gasteiger partial charge in [-0.3, -0.25) is 0 Å². The minimum absolute atomic E-state index is 0.0163. The Labute approximate surface area is 102 Å². The van der Waals surface area contributed by atoms with Crippen molar-refractivity contribution in [3.8, 4) is 5.75 Å². The van der Waals surface area contributed by atoms with Crippen LogP contribution in [-0.4, -0.2) is 16.2 Å². The number of hydrogen-bond acceptors (Lipinski definition) is 4. The van der Waals surface area contributed by atoms with E-state index in [1.807, 2.05) is 13.8 Å². The molecule has 2 N–H and O–H groups in total. The fraction of sp³-hybridized carbons (Fsp3) is 0.231. The van der Waals surface area contributed by atoms with Gasteiger partial charge in [0.1, 0.15) is 16.9 Å². The zero-order chi connectivity index (χ0) is 13.4. The van der Waals surface area contributed by atoms with Crippen LogP contribution in [0.4, 0.5) is 0 Å². The summed E-state index contributed by atoms with van der Waals surface area (Å²) in [5, 5.41) is 19.0. The van der Waals surface area contributed by atoms with E-state index in [0.717, 1.165) is 5.56 Å². The molecule has 1 aromatic carbocycles. The number of aromatic carboxylic acids is 1. The van der Waals surface area contributed by atoms with Crippen molar-refractivity contribution >= 4 is 16.9 Å². The van der Waals surface area contributed by atoms with Crippen LogP contribution in [0.3, 0.4) is 0 Å². The van der Waals surface area contributed by atoms with Gasteiger partial charge < -0.3 is 14.6 Å². The molecule has 0 aliphatic rings. The van der Waals surface area contributed by atoms with Gasteiger partial charge in [0.2, 0.25) is 0 Å². The van der Waals surface area contributed by atoms with Gasteiger partial charge in [0, 0.05) is 11.5 Å². The summed E-state index contributed by atoms with van der Waals surface area (Å²) in [6, 6.07) is 4.13. The summed E-state index contributed by atoms with van der Waals surface area (Å²) in [4.78, 5) is 22.3. The molecule has 0 atom stereocenters. The molecule has 2 aromatic rings. The van der Waals surface area contributed by atoms with Crippen molar-refractivity contribution in [2.45, 2.75) is 19.8 Å². The van der Waals surface area contributed by atoms with Gasteiger partial charge in [-0.15, -0.1) is 0 Å². The molecule has 1 aromatic heterocycles. The van der Waals surface area contributed by atoms with E-state index in [-0.39, 0.29) is 17.3 Å². The van der Waals surface area contributed by atoms with Gasteiger partial charge in [0.05, 0.1) is 0 Å². The molecule has 18 heavy (non-hydrogen) atoms. The summed E-state index contributed by atoms with van der Waals surface area (Å²) in [5.74, 6) is -1.28. The molecule has 0 bridgehead atoms. The Morgan fingerprint density at radius 3 is 2.50 bits per heavy atom. The Bertz CT molecular complexity index is 682. The van der Waals surface area contributed by atoms with Gasteiger partial charge in [-0.1, -0.05) is 13.8 Å². The lowest BCUT2D eigenvalue weighted by atomic mass is 9.97. The van der Waals surface area contributed by atoms with Crippen LogP contribution < -0.4 is 5.63 Å². The van der Waals surface area contributed by atoms with E-state index >= 15 is 0 Å². The van der Waals surface area contributed by atoms with Crippen molar-refractivity contribution in [2.75, 3.05) is 0 Å². The minimum atomic E-state index is -1.33. The van der Waals surface area contributed by atoms with E-state index in [9.17, 15) is 14.7 Å². The highest BCUT2D eigenvalue weighted by atomic mass is 16.4. The summed E-state index contributed by atoms with van der Waals surface area (Å²) < 4.78 is 4.93. The summed E-state index contributed by atoms with van der Waals surface area (Å²) >= 11 is 0. The van der Waals surface area contributed by atoms with Crippen LogP contribution in [0.5, 0.6) is 5.75 Å². The molecular formula is C13H12O5. The lowest BCUT2D eigenvalue weighted by Gasteiger charge is -2.10. The normalized spacial score (nSPS) is 11.1. The molecule has 94 valence electrons. The molecule has 0 aliphatic carbocycles. The molecule has 5 heteroatoms. The third-order valence-corrected chi connectivity index (χ3v) is 2.72. The number of carboxylic acids is 1. The summed E-state index contributed by atoms with van der Waals surface area (Å²) in [7, 11) is 0. The molecule has 0 saturated carbocycles. The summed E-state index contributed by atoms with van der Waals surface area (Å²) in [5.41, 5.74) is -0.407. The maximum Gasteiger partial charge on any atom is 0.351 e. The average molecular weight is 248 g/mol. The lowest BCUT2D eigenvalue weighted by molar-refractivity contribution is 0.0692. The molecule has 0 aliphatic heterocycles. The molecule has 0 spiro atoms. The number of aromatic hydroxyl groups is 1. The fourth-order valence-corrected chi connectivity index (χ4v) is 1.86. The first-order valence-electron chi connectivity index (χ1n) is 5.44. The van der Waals surface area contributed by atoms with E-state index in [4.69, 9.17) is 9.52 Å². The van der Waals surface area contributed by atoms with Crippen molar-refractivity contribution in [3.05, 3.63) is 39.7 Å². The molecule has 1 heterocycles. The topological polar surface area (TPSA) is 87.7 Å². The van der Waals surface area contributed by atoms with Crippen LogP contribution in [-0.2, 0) is 0 Å². The number of benzene rings is 1. The standard InChI is InChI=1S/C13H12O5/c1-6(2)8-3-7(14)4-11-9(8)5-10(12(15)16)13(17)18-11/h3-6,14H,1-2H3,(H,15,16). The molecule has 5 nitrogen and oxygen atoms in total. The second kappa shape index (κ2) is 4.18. The van der Waals surface area contributed by atoms with Crippen molar-refractivity contribution in [2.24, 2.45) is 0 Å². The number of phenols is 1. The van der Waals surface area contributed by atoms with Crippen LogP contribution in [0, 0.1) is 0 Å². The molecule has 0 saturated heterocycles. The average Bonchev–Trinajstić information content (AvgIpc) is 2.26. The Hall–Kier alpha value is -2.30. The van der Waals surface area contributed by atoms with Gasteiger partial charge in [0.25, 0.3) is 0 Å². The van der Waals surface area contributed by atoms with E-state index in [0.29, 0.717) is 5.39 Å². The highest BCUT2D eigenvalue weighted by Gasteiger charge is 2.16. The van der Waals surface area contributed by atoms with Crippen LogP contribution in [0.1, 0.15) is 35.7 Å². The SMILES string of the molecule is CC(C)c1cc(O)cc2oc(=O)c(C(=O)O)cc12. The minimum Gasteiger partial charge on any atom is -0.508 e. The Morgan fingerprint density at radius 1 is 1.28 bits per heavy atom. The lowest BCUT2D eigenvalue weighted by Crippen LogP contribution is -2.13. The van der Waals surface area contributed by atoms with Crippen molar-refractivity contribution in [1.29, 1.82) is 0 Å². The number of rotatable bonds is 2. The van der Waals surface area contributed by atoms with E-state index in [2.05, 4.69) is 0 Å². The van der Waals surface area contributed by atoms with E-state index in [1.54, 1.807) is 6.07 Å². The first kappa shape index (κ1) is 12.2. The second-order valence-corrected chi connectivity index (χ2v) is 4.35. The monoisotopic (exact) mass is 248 g/mol. The second-order valence-electron chi connectivity index (χ2n) is 4.35. The number of fused-ring (bicyclic) bond motifs is 1. The highest BCUT2D eigenvalue weighted by molar-refractivity contribution is 5.93. The number of carboxylic acid groups (broad SMARTS) is 1. The predicted octanol–water partition coefficient (Wildman–Crippen LogP) is 2.32. The quantitative estimate of drug-likeness (QED) is 0.796. The first-order chi connectivity index (χ1) is 8.40. The predicted molar refractivity (Wildman–Crippen MR) is 65.2 cm³/mol. The molecule has 0 radical (unpaired) electrons. The van der Waals surface area contributed by atoms with Crippen LogP contribution in [0.2, 0.25) is 0 Å². The molecular weight excluding hydrogens is 236 g/mol. The first-order valence-corrected chi connectivity index (χ1v) is 5.44. The van der Waals surface area contributed by atoms with Crippen LogP contribution in [0.25, 0.3) is 11.0 Å². The maximum atomic E-state index is 11.4. The van der Waals surface area contributed by atoms with Crippen molar-refractivity contribution < 1.29 is 19.4 Å². The van der Waals surface area contributed by atoms with Crippen molar-refractivity contribution in [1.82, 2.24) is 0 Å². The van der Waals surface area contributed by atoms with Crippen molar-refractivity contribution in [3.63, 3.8) is 0 Å². The van der Waals surface area contributed by atoms with E-state index in [1.165, 1.54) is 12.1 Å². The fourth-order valence-electron chi connectivity index (χ4n) is 1.86. The summed E-state index contributed by atoms with van der Waals surface area (Å²) in [6.45, 7) is 3.81. The van der Waals surface area contributed by atoms with Crippen LogP contribution in [0.15, 0.2) is 27.4 Å². The molecule has 2 rings (SSSR count). The summed E-state index contributed by atoms with van der Waals surface area (Å²) in [6.07, 6.45) is 0. The zero-order valence-corrected chi connectivity index (χ0v) is 9.93. The van der Waals surface area contributed by atoms with Gasteiger partial charge in [-0.25, -0.2) is 9.59 Å². The third-order valence-electron chi connectivity index (χ3n) is 2.72. The van der Waals surface area contributed by atoms with Gasteiger partial charge >= 0.3 is 11.6 Å². The zero-order valence-electron chi connectivity index (χ0n) is 9.93.